The van der Waals surface area contributed by atoms with Crippen LogP contribution >= 0.6 is 11.8 Å². The van der Waals surface area contributed by atoms with Gasteiger partial charge in [0.25, 0.3) is 5.91 Å². The summed E-state index contributed by atoms with van der Waals surface area (Å²) in [6.07, 6.45) is -2.66. The number of anilines is 1. The van der Waals surface area contributed by atoms with Crippen LogP contribution in [0.2, 0.25) is 0 Å². The number of alkyl halides is 3. The Morgan fingerprint density at radius 3 is 2.36 bits per heavy atom. The number of benzene rings is 3. The molecule has 0 bridgehead atoms. The fourth-order valence-electron chi connectivity index (χ4n) is 4.12. The number of rotatable bonds is 3. The van der Waals surface area contributed by atoms with Gasteiger partial charge >= 0.3 is 6.18 Å². The molecule has 0 spiro atoms. The van der Waals surface area contributed by atoms with Crippen LogP contribution in [0.3, 0.4) is 0 Å². The summed E-state index contributed by atoms with van der Waals surface area (Å²) in [5.74, 6) is -0.818. The molecule has 0 saturated carbocycles. The number of carbonyl (C=O) groups is 1. The van der Waals surface area contributed by atoms with E-state index in [4.69, 9.17) is 4.42 Å². The summed E-state index contributed by atoms with van der Waals surface area (Å²) in [6.45, 7) is 0. The SMILES string of the molecule is CSc1ccc([C@@H]2c3c(oc4ccccc4c3=O)C(=O)N2c2cccc(C(F)(F)F)c2)cc1. The summed E-state index contributed by atoms with van der Waals surface area (Å²) in [5, 5.41) is 0.306. The number of thioether (sulfide) groups is 1. The third-order valence-corrected chi connectivity index (χ3v) is 6.40. The van der Waals surface area contributed by atoms with Crippen LogP contribution in [0.5, 0.6) is 0 Å². The Morgan fingerprint density at radius 2 is 1.67 bits per heavy atom. The fraction of sp³-hybridized carbons (Fsp3) is 0.120. The molecule has 1 atom stereocenters. The van der Waals surface area contributed by atoms with E-state index in [1.54, 1.807) is 36.4 Å². The first-order chi connectivity index (χ1) is 15.8. The van der Waals surface area contributed by atoms with E-state index < -0.39 is 23.7 Å². The van der Waals surface area contributed by atoms with E-state index >= 15 is 0 Å². The molecule has 0 N–H and O–H groups in total. The van der Waals surface area contributed by atoms with Crippen LogP contribution in [0.4, 0.5) is 18.9 Å². The number of halogens is 3. The summed E-state index contributed by atoms with van der Waals surface area (Å²) >= 11 is 1.53. The van der Waals surface area contributed by atoms with Gasteiger partial charge in [-0.05, 0) is 54.3 Å². The molecule has 0 unspecified atom stereocenters. The van der Waals surface area contributed by atoms with E-state index in [-0.39, 0.29) is 28.0 Å². The van der Waals surface area contributed by atoms with Crippen molar-refractivity contribution >= 4 is 34.3 Å². The second kappa shape index (κ2) is 7.81. The number of fused-ring (bicyclic) bond motifs is 2. The van der Waals surface area contributed by atoms with E-state index in [1.807, 2.05) is 18.4 Å². The van der Waals surface area contributed by atoms with Gasteiger partial charge < -0.3 is 4.42 Å². The largest absolute Gasteiger partial charge is 0.450 e. The number of hydrogen-bond acceptors (Lipinski definition) is 4. The van der Waals surface area contributed by atoms with Crippen molar-refractivity contribution in [2.24, 2.45) is 0 Å². The highest BCUT2D eigenvalue weighted by Gasteiger charge is 2.44. The first kappa shape index (κ1) is 21.3. The van der Waals surface area contributed by atoms with Crippen molar-refractivity contribution in [1.82, 2.24) is 0 Å². The summed E-state index contributed by atoms with van der Waals surface area (Å²) in [5.41, 5.74) is -0.271. The summed E-state index contributed by atoms with van der Waals surface area (Å²) in [6, 6.07) is 17.4. The maximum Gasteiger partial charge on any atom is 0.416 e. The van der Waals surface area contributed by atoms with Crippen molar-refractivity contribution < 1.29 is 22.4 Å². The molecule has 1 aliphatic rings. The Labute approximate surface area is 190 Å². The van der Waals surface area contributed by atoms with Gasteiger partial charge in [-0.15, -0.1) is 11.8 Å². The van der Waals surface area contributed by atoms with E-state index in [0.717, 1.165) is 17.0 Å². The summed E-state index contributed by atoms with van der Waals surface area (Å²) in [4.78, 5) is 29.1. The minimum Gasteiger partial charge on any atom is -0.450 e. The monoisotopic (exact) mass is 467 g/mol. The molecule has 0 aliphatic carbocycles. The van der Waals surface area contributed by atoms with Gasteiger partial charge in [-0.2, -0.15) is 13.2 Å². The maximum absolute atomic E-state index is 13.5. The Kier molecular flexibility index (Phi) is 5.05. The molecule has 1 amide bonds. The smallest absolute Gasteiger partial charge is 0.416 e. The zero-order chi connectivity index (χ0) is 23.3. The van der Waals surface area contributed by atoms with E-state index in [0.29, 0.717) is 10.9 Å². The second-order valence-electron chi connectivity index (χ2n) is 7.57. The van der Waals surface area contributed by atoms with Crippen molar-refractivity contribution in [3.63, 3.8) is 0 Å². The van der Waals surface area contributed by atoms with Crippen LogP contribution in [0.1, 0.15) is 33.3 Å². The molecule has 3 aromatic carbocycles. The van der Waals surface area contributed by atoms with Crippen LogP contribution < -0.4 is 10.3 Å². The molecule has 5 rings (SSSR count). The second-order valence-corrected chi connectivity index (χ2v) is 8.45. The molecule has 8 heteroatoms. The average Bonchev–Trinajstić information content (AvgIpc) is 3.11. The van der Waals surface area contributed by atoms with Gasteiger partial charge in [-0.25, -0.2) is 0 Å². The molecule has 0 radical (unpaired) electrons. The minimum atomic E-state index is -4.58. The first-order valence-electron chi connectivity index (χ1n) is 10.00. The van der Waals surface area contributed by atoms with Crippen LogP contribution in [0.15, 0.2) is 86.9 Å². The van der Waals surface area contributed by atoms with Crippen molar-refractivity contribution in [2.45, 2.75) is 17.1 Å². The summed E-state index contributed by atoms with van der Waals surface area (Å²) < 4.78 is 46.0. The lowest BCUT2D eigenvalue weighted by Crippen LogP contribution is -2.29. The molecule has 1 aliphatic heterocycles. The van der Waals surface area contributed by atoms with Gasteiger partial charge in [0.05, 0.1) is 22.6 Å². The molecule has 33 heavy (non-hydrogen) atoms. The lowest BCUT2D eigenvalue weighted by atomic mass is 9.98. The van der Waals surface area contributed by atoms with Crippen molar-refractivity contribution in [2.75, 3.05) is 11.2 Å². The highest BCUT2D eigenvalue weighted by Crippen LogP contribution is 2.42. The molecular formula is C25H16F3NO3S. The van der Waals surface area contributed by atoms with Crippen molar-refractivity contribution in [3.8, 4) is 0 Å². The van der Waals surface area contributed by atoms with Crippen LogP contribution in [-0.2, 0) is 6.18 Å². The van der Waals surface area contributed by atoms with Gasteiger partial charge in [0.15, 0.2) is 5.43 Å². The number of hydrogen-bond donors (Lipinski definition) is 0. The molecule has 4 nitrogen and oxygen atoms in total. The topological polar surface area (TPSA) is 50.5 Å². The van der Waals surface area contributed by atoms with Gasteiger partial charge in [0.1, 0.15) is 5.58 Å². The maximum atomic E-state index is 13.5. The van der Waals surface area contributed by atoms with Gasteiger partial charge in [0, 0.05) is 10.6 Å². The Balaban J connectivity index is 1.77. The third kappa shape index (κ3) is 3.51. The van der Waals surface area contributed by atoms with Crippen molar-refractivity contribution in [3.05, 3.63) is 105 Å². The highest BCUT2D eigenvalue weighted by atomic mass is 32.2. The van der Waals surface area contributed by atoms with Crippen LogP contribution in [0.25, 0.3) is 11.0 Å². The lowest BCUT2D eigenvalue weighted by Gasteiger charge is -2.26. The molecular weight excluding hydrogens is 451 g/mol. The minimum absolute atomic E-state index is 0.0311. The standard InChI is InChI=1S/C25H16F3NO3S/c1-33-17-11-9-14(10-12-17)21-20-22(30)18-7-2-3-8-19(18)32-23(20)24(31)29(21)16-6-4-5-15(13-16)25(26,27)28/h2-13,21H,1H3/t21-/m1/s1. The van der Waals surface area contributed by atoms with Crippen LogP contribution in [0, 0.1) is 0 Å². The summed E-state index contributed by atoms with van der Waals surface area (Å²) in [7, 11) is 0. The van der Waals surface area contributed by atoms with E-state index in [2.05, 4.69) is 0 Å². The number of amides is 1. The van der Waals surface area contributed by atoms with Gasteiger partial charge in [0.2, 0.25) is 5.76 Å². The fourth-order valence-corrected chi connectivity index (χ4v) is 4.53. The predicted molar refractivity (Wildman–Crippen MR) is 121 cm³/mol. The first-order valence-corrected chi connectivity index (χ1v) is 11.2. The Hall–Kier alpha value is -3.52. The van der Waals surface area contributed by atoms with Gasteiger partial charge in [-0.3, -0.25) is 14.5 Å². The molecule has 1 aromatic heterocycles. The normalized spacial score (nSPS) is 15.8. The molecule has 0 saturated heterocycles. The average molecular weight is 467 g/mol. The lowest BCUT2D eigenvalue weighted by molar-refractivity contribution is -0.137. The Morgan fingerprint density at radius 1 is 0.939 bits per heavy atom. The Bertz CT molecular complexity index is 1440. The molecule has 166 valence electrons. The quantitative estimate of drug-likeness (QED) is 0.333. The highest BCUT2D eigenvalue weighted by molar-refractivity contribution is 7.98. The zero-order valence-electron chi connectivity index (χ0n) is 17.2. The number of para-hydroxylation sites is 1. The van der Waals surface area contributed by atoms with Crippen molar-refractivity contribution in [1.29, 1.82) is 0 Å². The zero-order valence-corrected chi connectivity index (χ0v) is 18.0. The predicted octanol–water partition coefficient (Wildman–Crippen LogP) is 6.28. The van der Waals surface area contributed by atoms with E-state index in [1.165, 1.54) is 28.8 Å². The number of nitrogens with zero attached hydrogens (tertiary/aromatic N) is 1. The molecule has 0 fully saturated rings. The number of carbonyl (C=O) groups excluding carboxylic acids is 1. The third-order valence-electron chi connectivity index (χ3n) is 5.66. The van der Waals surface area contributed by atoms with Crippen LogP contribution in [-0.4, -0.2) is 12.2 Å². The van der Waals surface area contributed by atoms with Gasteiger partial charge in [-0.1, -0.05) is 30.3 Å². The van der Waals surface area contributed by atoms with E-state index in [9.17, 15) is 22.8 Å². The molecule has 2 heterocycles. The molecule has 4 aromatic rings.